The van der Waals surface area contributed by atoms with Gasteiger partial charge in [-0.05, 0) is 72.6 Å². The van der Waals surface area contributed by atoms with E-state index in [0.29, 0.717) is 12.1 Å². The zero-order chi connectivity index (χ0) is 20.1. The molecule has 1 unspecified atom stereocenters. The summed E-state index contributed by atoms with van der Waals surface area (Å²) in [6.07, 6.45) is 1.77. The molecule has 2 aromatic rings. The van der Waals surface area contributed by atoms with Gasteiger partial charge in [0.15, 0.2) is 0 Å². The maximum Gasteiger partial charge on any atom is 0.251 e. The molecule has 3 rings (SSSR count). The number of carbonyl (C=O) groups is 1. The molecule has 28 heavy (non-hydrogen) atoms. The van der Waals surface area contributed by atoms with E-state index in [1.807, 2.05) is 5.38 Å². The third-order valence-electron chi connectivity index (χ3n) is 4.96. The number of amides is 1. The molecule has 1 atom stereocenters. The van der Waals surface area contributed by atoms with Gasteiger partial charge >= 0.3 is 0 Å². The largest absolute Gasteiger partial charge is 0.350 e. The fourth-order valence-corrected chi connectivity index (χ4v) is 5.16. The molecule has 1 aromatic carbocycles. The van der Waals surface area contributed by atoms with Gasteiger partial charge in [0.2, 0.25) is 10.0 Å². The van der Waals surface area contributed by atoms with E-state index in [0.717, 1.165) is 25.9 Å². The Hall–Kier alpha value is -1.74. The van der Waals surface area contributed by atoms with E-state index < -0.39 is 10.0 Å². The second-order valence-corrected chi connectivity index (χ2v) is 9.42. The molecule has 1 aliphatic rings. The van der Waals surface area contributed by atoms with Gasteiger partial charge in [-0.2, -0.15) is 11.3 Å². The quantitative estimate of drug-likeness (QED) is 0.618. The van der Waals surface area contributed by atoms with E-state index in [1.165, 1.54) is 17.7 Å². The number of benzene rings is 1. The number of hydrogen-bond acceptors (Lipinski definition) is 5. The maximum atomic E-state index is 12.6. The van der Waals surface area contributed by atoms with Crippen LogP contribution in [0.2, 0.25) is 0 Å². The van der Waals surface area contributed by atoms with Gasteiger partial charge in [0.1, 0.15) is 0 Å². The van der Waals surface area contributed by atoms with Crippen LogP contribution in [-0.2, 0) is 10.0 Å². The van der Waals surface area contributed by atoms with Crippen molar-refractivity contribution in [3.63, 3.8) is 0 Å². The van der Waals surface area contributed by atoms with Crippen molar-refractivity contribution in [2.75, 3.05) is 19.6 Å². The van der Waals surface area contributed by atoms with Crippen LogP contribution in [0.4, 0.5) is 0 Å². The first-order valence-corrected chi connectivity index (χ1v) is 12.0. The molecule has 0 aliphatic heterocycles. The van der Waals surface area contributed by atoms with Gasteiger partial charge in [-0.15, -0.1) is 0 Å². The number of carbonyl (C=O) groups excluding carboxylic acids is 1. The predicted molar refractivity (Wildman–Crippen MR) is 112 cm³/mol. The average Bonchev–Trinajstić information content (AvgIpc) is 3.32. The van der Waals surface area contributed by atoms with Crippen LogP contribution in [0.15, 0.2) is 46.0 Å². The fourth-order valence-electron chi connectivity index (χ4n) is 3.15. The highest BCUT2D eigenvalue weighted by molar-refractivity contribution is 7.89. The van der Waals surface area contributed by atoms with Crippen LogP contribution in [0, 0.1) is 0 Å². The summed E-state index contributed by atoms with van der Waals surface area (Å²) < 4.78 is 27.1. The Morgan fingerprint density at radius 2 is 1.86 bits per heavy atom. The summed E-state index contributed by atoms with van der Waals surface area (Å²) in [7, 11) is -3.50. The smallest absolute Gasteiger partial charge is 0.251 e. The number of likely N-dealkylation sites (N-methyl/N-ethyl adjacent to an activating group) is 1. The molecule has 0 radical (unpaired) electrons. The Balaban J connectivity index is 1.64. The summed E-state index contributed by atoms with van der Waals surface area (Å²) in [5.74, 6) is -0.202. The summed E-state index contributed by atoms with van der Waals surface area (Å²) in [5, 5.41) is 7.15. The third kappa shape index (κ3) is 5.20. The summed E-state index contributed by atoms with van der Waals surface area (Å²) in [4.78, 5) is 15.1. The lowest BCUT2D eigenvalue weighted by Gasteiger charge is -2.29. The Kier molecular flexibility index (Phi) is 6.87. The van der Waals surface area contributed by atoms with Gasteiger partial charge < -0.3 is 5.32 Å². The van der Waals surface area contributed by atoms with Crippen molar-refractivity contribution < 1.29 is 13.2 Å². The van der Waals surface area contributed by atoms with Crippen molar-refractivity contribution >= 4 is 27.3 Å². The van der Waals surface area contributed by atoms with Crippen molar-refractivity contribution in [3.8, 4) is 0 Å². The molecule has 8 heteroatoms. The minimum absolute atomic E-state index is 0.0575. The Morgan fingerprint density at radius 3 is 2.39 bits per heavy atom. The molecule has 1 heterocycles. The summed E-state index contributed by atoms with van der Waals surface area (Å²) >= 11 is 1.65. The lowest BCUT2D eigenvalue weighted by atomic mass is 10.1. The maximum absolute atomic E-state index is 12.6. The molecule has 1 fully saturated rings. The van der Waals surface area contributed by atoms with E-state index in [2.05, 4.69) is 40.2 Å². The molecule has 0 saturated heterocycles. The Labute approximate surface area is 171 Å². The van der Waals surface area contributed by atoms with Crippen molar-refractivity contribution in [3.05, 3.63) is 52.2 Å². The molecule has 6 nitrogen and oxygen atoms in total. The molecule has 1 amide bonds. The predicted octanol–water partition coefficient (Wildman–Crippen LogP) is 3.00. The van der Waals surface area contributed by atoms with Crippen LogP contribution in [-0.4, -0.2) is 44.9 Å². The fraction of sp³-hybridized carbons (Fsp3) is 0.450. The minimum Gasteiger partial charge on any atom is -0.350 e. The Morgan fingerprint density at radius 1 is 1.18 bits per heavy atom. The summed E-state index contributed by atoms with van der Waals surface area (Å²) in [6.45, 7) is 6.51. The van der Waals surface area contributed by atoms with Crippen LogP contribution < -0.4 is 10.0 Å². The Bertz CT molecular complexity index is 872. The van der Waals surface area contributed by atoms with Crippen LogP contribution in [0.25, 0.3) is 0 Å². The van der Waals surface area contributed by atoms with E-state index >= 15 is 0 Å². The number of rotatable bonds is 10. The molecule has 2 N–H and O–H groups in total. The van der Waals surface area contributed by atoms with Gasteiger partial charge in [0.05, 0.1) is 10.9 Å². The van der Waals surface area contributed by atoms with Crippen molar-refractivity contribution in [2.45, 2.75) is 43.7 Å². The topological polar surface area (TPSA) is 78.5 Å². The number of nitrogens with one attached hydrogen (secondary N) is 2. The first-order valence-electron chi connectivity index (χ1n) is 9.61. The van der Waals surface area contributed by atoms with Crippen molar-refractivity contribution in [2.24, 2.45) is 0 Å². The molecule has 0 bridgehead atoms. The average molecular weight is 422 g/mol. The van der Waals surface area contributed by atoms with Gasteiger partial charge in [-0.3, -0.25) is 9.69 Å². The first kappa shape index (κ1) is 21.0. The van der Waals surface area contributed by atoms with E-state index in [1.54, 1.807) is 23.5 Å². The van der Waals surface area contributed by atoms with Crippen LogP contribution in [0.1, 0.15) is 48.7 Å². The number of hydrogen-bond donors (Lipinski definition) is 2. The van der Waals surface area contributed by atoms with Crippen LogP contribution >= 0.6 is 11.3 Å². The monoisotopic (exact) mass is 421 g/mol. The van der Waals surface area contributed by atoms with Crippen LogP contribution in [0.5, 0.6) is 0 Å². The second-order valence-electron chi connectivity index (χ2n) is 6.92. The zero-order valence-electron chi connectivity index (χ0n) is 16.2. The van der Waals surface area contributed by atoms with Crippen molar-refractivity contribution in [1.82, 2.24) is 14.9 Å². The molecule has 1 aromatic heterocycles. The van der Waals surface area contributed by atoms with Crippen molar-refractivity contribution in [1.29, 1.82) is 0 Å². The van der Waals surface area contributed by atoms with Crippen LogP contribution in [0.3, 0.4) is 0 Å². The standard InChI is InChI=1S/C20H27N3O3S2/c1-3-23(4-2)19(16-11-12-27-14-16)13-21-20(24)15-5-9-18(10-6-15)28(25,26)22-17-7-8-17/h5-6,9-12,14,17,19,22H,3-4,7-8,13H2,1-2H3,(H,21,24). The normalized spacial score (nSPS) is 15.5. The lowest BCUT2D eigenvalue weighted by Crippen LogP contribution is -2.37. The number of nitrogens with zero attached hydrogens (tertiary/aromatic N) is 1. The highest BCUT2D eigenvalue weighted by Crippen LogP contribution is 2.23. The SMILES string of the molecule is CCN(CC)C(CNC(=O)c1ccc(S(=O)(=O)NC2CC2)cc1)c1ccsc1. The van der Waals surface area contributed by atoms with Gasteiger partial charge in [-0.25, -0.2) is 13.1 Å². The molecule has 1 saturated carbocycles. The first-order chi connectivity index (χ1) is 13.4. The summed E-state index contributed by atoms with van der Waals surface area (Å²) in [6, 6.07) is 8.36. The highest BCUT2D eigenvalue weighted by atomic mass is 32.2. The van der Waals surface area contributed by atoms with E-state index in [-0.39, 0.29) is 22.9 Å². The molecular weight excluding hydrogens is 394 g/mol. The lowest BCUT2D eigenvalue weighted by molar-refractivity contribution is 0.0935. The molecule has 1 aliphatic carbocycles. The number of sulfonamides is 1. The third-order valence-corrected chi connectivity index (χ3v) is 7.20. The number of thiophene rings is 1. The van der Waals surface area contributed by atoms with Gasteiger partial charge in [0.25, 0.3) is 5.91 Å². The highest BCUT2D eigenvalue weighted by Gasteiger charge is 2.28. The molecular formula is C20H27N3O3S2. The van der Waals surface area contributed by atoms with E-state index in [4.69, 9.17) is 0 Å². The zero-order valence-corrected chi connectivity index (χ0v) is 17.9. The van der Waals surface area contributed by atoms with Gasteiger partial charge in [-0.1, -0.05) is 13.8 Å². The van der Waals surface area contributed by atoms with Gasteiger partial charge in [0, 0.05) is 18.2 Å². The summed E-state index contributed by atoms with van der Waals surface area (Å²) in [5.41, 5.74) is 1.65. The molecule has 0 spiro atoms. The molecule has 152 valence electrons. The second kappa shape index (κ2) is 9.17. The minimum atomic E-state index is -3.50. The van der Waals surface area contributed by atoms with E-state index in [9.17, 15) is 13.2 Å².